The van der Waals surface area contributed by atoms with Crippen LogP contribution in [0.3, 0.4) is 0 Å². The summed E-state index contributed by atoms with van der Waals surface area (Å²) in [6.45, 7) is 0.173. The number of nitrogens with zero attached hydrogens (tertiary/aromatic N) is 5. The summed E-state index contributed by atoms with van der Waals surface area (Å²) in [4.78, 5) is 24.4. The molecule has 32 heavy (non-hydrogen) atoms. The van der Waals surface area contributed by atoms with E-state index >= 15 is 0 Å². The molecule has 0 aliphatic rings. The Kier molecular flexibility index (Phi) is 5.34. The predicted octanol–water partition coefficient (Wildman–Crippen LogP) is 4.02. The molecule has 1 aromatic carbocycles. The molecule has 0 unspecified atom stereocenters. The smallest absolute Gasteiger partial charge is 0.265 e. The first-order chi connectivity index (χ1) is 15.7. The van der Waals surface area contributed by atoms with Crippen LogP contribution in [0.2, 0.25) is 0 Å². The van der Waals surface area contributed by atoms with Gasteiger partial charge in [0.15, 0.2) is 5.82 Å². The van der Waals surface area contributed by atoms with Crippen LogP contribution >= 0.6 is 11.8 Å². The van der Waals surface area contributed by atoms with Gasteiger partial charge in [-0.15, -0.1) is 0 Å². The van der Waals surface area contributed by atoms with E-state index in [1.807, 2.05) is 12.1 Å². The molecule has 0 saturated carbocycles. The Morgan fingerprint density at radius 2 is 1.94 bits per heavy atom. The number of aromatic nitrogens is 6. The highest BCUT2D eigenvalue weighted by Gasteiger charge is 2.17. The Bertz CT molecular complexity index is 1420. The van der Waals surface area contributed by atoms with Crippen LogP contribution in [-0.4, -0.2) is 29.9 Å². The standard InChI is InChI=1S/C22H15FN6O2S/c23-15-6-2-1-5-14(15)13-29-18(16-8-10-31-28-16)11-17(27-29)21-25-12-19(22(30)26-21)32-20-7-3-4-9-24-20/h1-12H,13H2,(H,25,26,30). The monoisotopic (exact) mass is 446 g/mol. The molecule has 5 aromatic rings. The van der Waals surface area contributed by atoms with E-state index in [0.29, 0.717) is 32.6 Å². The number of rotatable bonds is 6. The highest BCUT2D eigenvalue weighted by atomic mass is 32.2. The number of benzene rings is 1. The van der Waals surface area contributed by atoms with Gasteiger partial charge in [0, 0.05) is 24.0 Å². The molecule has 0 saturated heterocycles. The predicted molar refractivity (Wildman–Crippen MR) is 115 cm³/mol. The Morgan fingerprint density at radius 3 is 2.69 bits per heavy atom. The zero-order valence-corrected chi connectivity index (χ0v) is 17.3. The SMILES string of the molecule is O=c1[nH]c(-c2cc(-c3ccon3)n(Cc3ccccc3F)n2)ncc1Sc1ccccn1. The van der Waals surface area contributed by atoms with Crippen molar-refractivity contribution in [1.29, 1.82) is 0 Å². The van der Waals surface area contributed by atoms with E-state index < -0.39 is 0 Å². The van der Waals surface area contributed by atoms with Gasteiger partial charge >= 0.3 is 0 Å². The molecular weight excluding hydrogens is 431 g/mol. The van der Waals surface area contributed by atoms with Crippen LogP contribution in [0, 0.1) is 5.82 Å². The van der Waals surface area contributed by atoms with Crippen LogP contribution in [0.25, 0.3) is 22.9 Å². The minimum atomic E-state index is -0.335. The average Bonchev–Trinajstić information content (AvgIpc) is 3.48. The summed E-state index contributed by atoms with van der Waals surface area (Å²) in [5.74, 6) is -0.0458. The van der Waals surface area contributed by atoms with Gasteiger partial charge in [-0.05, 0) is 24.3 Å². The Labute approximate surface area is 185 Å². The highest BCUT2D eigenvalue weighted by molar-refractivity contribution is 7.99. The normalized spacial score (nSPS) is 11.0. The van der Waals surface area contributed by atoms with E-state index in [9.17, 15) is 9.18 Å². The number of hydrogen-bond acceptors (Lipinski definition) is 7. The molecule has 0 fully saturated rings. The van der Waals surface area contributed by atoms with Gasteiger partial charge in [0.25, 0.3) is 5.56 Å². The van der Waals surface area contributed by atoms with Crippen molar-refractivity contribution in [2.24, 2.45) is 0 Å². The first kappa shape index (κ1) is 19.9. The van der Waals surface area contributed by atoms with E-state index in [1.165, 1.54) is 30.3 Å². The molecule has 8 nitrogen and oxygen atoms in total. The molecule has 10 heteroatoms. The van der Waals surface area contributed by atoms with Gasteiger partial charge in [-0.2, -0.15) is 5.10 Å². The molecule has 4 heterocycles. The second-order valence-electron chi connectivity index (χ2n) is 6.74. The van der Waals surface area contributed by atoms with E-state index in [2.05, 4.69) is 25.2 Å². The van der Waals surface area contributed by atoms with Gasteiger partial charge < -0.3 is 9.51 Å². The number of pyridine rings is 1. The molecule has 0 bridgehead atoms. The highest BCUT2D eigenvalue weighted by Crippen LogP contribution is 2.26. The van der Waals surface area contributed by atoms with Gasteiger partial charge in [-0.1, -0.05) is 41.2 Å². The molecule has 158 valence electrons. The number of hydrogen-bond donors (Lipinski definition) is 1. The summed E-state index contributed by atoms with van der Waals surface area (Å²) < 4.78 is 20.8. The maximum atomic E-state index is 14.2. The average molecular weight is 446 g/mol. The summed E-state index contributed by atoms with van der Waals surface area (Å²) in [7, 11) is 0. The van der Waals surface area contributed by atoms with Crippen molar-refractivity contribution < 1.29 is 8.91 Å². The summed E-state index contributed by atoms with van der Waals surface area (Å²) in [5, 5.41) is 9.20. The van der Waals surface area contributed by atoms with Gasteiger partial charge in [-0.3, -0.25) is 9.48 Å². The minimum absolute atomic E-state index is 0.173. The molecule has 0 radical (unpaired) electrons. The van der Waals surface area contributed by atoms with Crippen LogP contribution in [0.5, 0.6) is 0 Å². The van der Waals surface area contributed by atoms with Crippen LogP contribution in [-0.2, 0) is 6.54 Å². The third-order valence-corrected chi connectivity index (χ3v) is 5.58. The Hall–Kier alpha value is -4.05. The van der Waals surface area contributed by atoms with Crippen molar-refractivity contribution in [2.75, 3.05) is 0 Å². The second kappa shape index (κ2) is 8.60. The molecular formula is C22H15FN6O2S. The largest absolute Gasteiger partial charge is 0.364 e. The molecule has 0 aliphatic carbocycles. The Balaban J connectivity index is 1.50. The van der Waals surface area contributed by atoms with Crippen LogP contribution in [0.15, 0.2) is 92.5 Å². The van der Waals surface area contributed by atoms with E-state index in [-0.39, 0.29) is 23.7 Å². The fraction of sp³-hybridized carbons (Fsp3) is 0.0455. The molecule has 0 atom stereocenters. The van der Waals surface area contributed by atoms with Crippen molar-refractivity contribution in [3.05, 3.63) is 95.0 Å². The summed E-state index contributed by atoms with van der Waals surface area (Å²) >= 11 is 1.22. The molecule has 0 spiro atoms. The number of halogens is 1. The lowest BCUT2D eigenvalue weighted by atomic mass is 10.2. The lowest BCUT2D eigenvalue weighted by Gasteiger charge is -2.06. The van der Waals surface area contributed by atoms with Gasteiger partial charge in [0.05, 0.1) is 17.1 Å². The van der Waals surface area contributed by atoms with Crippen molar-refractivity contribution in [3.63, 3.8) is 0 Å². The summed E-state index contributed by atoms with van der Waals surface area (Å²) in [6, 6.07) is 15.3. The maximum Gasteiger partial charge on any atom is 0.265 e. The van der Waals surface area contributed by atoms with Gasteiger partial charge in [0.1, 0.15) is 28.5 Å². The first-order valence-electron chi connectivity index (χ1n) is 9.58. The molecule has 4 aromatic heterocycles. The molecule has 5 rings (SSSR count). The van der Waals surface area contributed by atoms with Crippen LogP contribution in [0.4, 0.5) is 4.39 Å². The molecule has 0 aliphatic heterocycles. The fourth-order valence-electron chi connectivity index (χ4n) is 3.10. The van der Waals surface area contributed by atoms with Crippen molar-refractivity contribution in [1.82, 2.24) is 29.9 Å². The van der Waals surface area contributed by atoms with E-state index in [0.717, 1.165) is 0 Å². The maximum absolute atomic E-state index is 14.2. The van der Waals surface area contributed by atoms with Crippen molar-refractivity contribution in [3.8, 4) is 22.9 Å². The van der Waals surface area contributed by atoms with Crippen LogP contribution in [0.1, 0.15) is 5.56 Å². The minimum Gasteiger partial charge on any atom is -0.364 e. The van der Waals surface area contributed by atoms with Gasteiger partial charge in [-0.25, -0.2) is 14.4 Å². The topological polar surface area (TPSA) is 102 Å². The summed E-state index contributed by atoms with van der Waals surface area (Å²) in [5.41, 5.74) is 1.72. The van der Waals surface area contributed by atoms with E-state index in [1.54, 1.807) is 47.3 Å². The van der Waals surface area contributed by atoms with Crippen molar-refractivity contribution in [2.45, 2.75) is 16.5 Å². The van der Waals surface area contributed by atoms with E-state index in [4.69, 9.17) is 4.52 Å². The zero-order chi connectivity index (χ0) is 21.9. The molecule has 0 amide bonds. The quantitative estimate of drug-likeness (QED) is 0.420. The fourth-order valence-corrected chi connectivity index (χ4v) is 3.83. The molecule has 1 N–H and O–H groups in total. The number of nitrogens with one attached hydrogen (secondary N) is 1. The lowest BCUT2D eigenvalue weighted by molar-refractivity contribution is 0.421. The third-order valence-electron chi connectivity index (χ3n) is 4.62. The number of H-pyrrole nitrogens is 1. The third kappa shape index (κ3) is 4.08. The zero-order valence-electron chi connectivity index (χ0n) is 16.5. The van der Waals surface area contributed by atoms with Gasteiger partial charge in [0.2, 0.25) is 0 Å². The summed E-state index contributed by atoms with van der Waals surface area (Å²) in [6.07, 6.45) is 4.59. The Morgan fingerprint density at radius 1 is 1.06 bits per heavy atom. The first-order valence-corrected chi connectivity index (χ1v) is 10.4. The lowest BCUT2D eigenvalue weighted by Crippen LogP contribution is -2.11. The number of aromatic amines is 1. The van der Waals surface area contributed by atoms with Crippen LogP contribution < -0.4 is 5.56 Å². The van der Waals surface area contributed by atoms with Crippen molar-refractivity contribution >= 4 is 11.8 Å². The second-order valence-corrected chi connectivity index (χ2v) is 7.81.